The van der Waals surface area contributed by atoms with Crippen LogP contribution in [0, 0.1) is 6.92 Å². The third-order valence-electron chi connectivity index (χ3n) is 3.28. The summed E-state index contributed by atoms with van der Waals surface area (Å²) in [5.41, 5.74) is 11.3. The van der Waals surface area contributed by atoms with E-state index in [1.54, 1.807) is 14.0 Å². The Balaban J connectivity index is 2.50. The number of hydrogen-bond acceptors (Lipinski definition) is 6. The number of primary amides is 1. The first-order valence-corrected chi connectivity index (χ1v) is 7.38. The molecule has 2 rings (SSSR count). The maximum absolute atomic E-state index is 12.7. The molecule has 0 aliphatic carbocycles. The number of rotatable bonds is 3. The Hall–Kier alpha value is -1.65. The summed E-state index contributed by atoms with van der Waals surface area (Å²) in [5, 5.41) is 3.88. The van der Waals surface area contributed by atoms with Gasteiger partial charge >= 0.3 is 0 Å². The molecule has 1 aliphatic rings. The van der Waals surface area contributed by atoms with Crippen molar-refractivity contribution < 1.29 is 17.9 Å². The quantitative estimate of drug-likeness (QED) is 0.675. The number of carbonyl (C=O) groups excluding carboxylic acids is 1. The molecule has 112 valence electrons. The Morgan fingerprint density at radius 3 is 2.65 bits per heavy atom. The second-order valence-electron chi connectivity index (χ2n) is 4.53. The highest BCUT2D eigenvalue weighted by molar-refractivity contribution is 7.89. The van der Waals surface area contributed by atoms with Crippen LogP contribution in [-0.2, 0) is 26.6 Å². The van der Waals surface area contributed by atoms with Crippen LogP contribution < -0.4 is 11.5 Å². The van der Waals surface area contributed by atoms with E-state index >= 15 is 0 Å². The zero-order valence-electron chi connectivity index (χ0n) is 11.2. The van der Waals surface area contributed by atoms with Crippen molar-refractivity contribution in [1.29, 1.82) is 0 Å². The summed E-state index contributed by atoms with van der Waals surface area (Å²) in [4.78, 5) is 11.3. The van der Waals surface area contributed by atoms with Gasteiger partial charge in [-0.25, -0.2) is 8.42 Å². The summed E-state index contributed by atoms with van der Waals surface area (Å²) < 4.78 is 32.9. The average molecular weight is 303 g/mol. The average Bonchev–Trinajstić information content (AvgIpc) is 2.63. The molecule has 4 N–H and O–H groups in total. The van der Waals surface area contributed by atoms with E-state index in [2.05, 4.69) is 5.10 Å². The van der Waals surface area contributed by atoms with Crippen LogP contribution in [0.2, 0.25) is 0 Å². The SMILES string of the molecule is Cc1c(S(=O)(=O)N2CCOCC2C(N)=O)c(N)nn1C. The predicted molar refractivity (Wildman–Crippen MR) is 70.1 cm³/mol. The number of ether oxygens (including phenoxy) is 1. The van der Waals surface area contributed by atoms with Gasteiger partial charge in [0.2, 0.25) is 15.9 Å². The smallest absolute Gasteiger partial charge is 0.249 e. The number of hydrogen-bond donors (Lipinski definition) is 2. The van der Waals surface area contributed by atoms with Crippen LogP contribution in [0.3, 0.4) is 0 Å². The Bertz CT molecular complexity index is 638. The van der Waals surface area contributed by atoms with E-state index in [4.69, 9.17) is 16.2 Å². The number of nitrogen functional groups attached to an aromatic ring is 1. The van der Waals surface area contributed by atoms with E-state index in [1.807, 2.05) is 0 Å². The van der Waals surface area contributed by atoms with Crippen LogP contribution >= 0.6 is 0 Å². The third-order valence-corrected chi connectivity index (χ3v) is 5.35. The minimum Gasteiger partial charge on any atom is -0.381 e. The van der Waals surface area contributed by atoms with Crippen molar-refractivity contribution in [2.45, 2.75) is 17.9 Å². The Labute approximate surface area is 116 Å². The maximum atomic E-state index is 12.7. The highest BCUT2D eigenvalue weighted by atomic mass is 32.2. The molecule has 1 saturated heterocycles. The van der Waals surface area contributed by atoms with Crippen molar-refractivity contribution in [2.24, 2.45) is 12.8 Å². The number of anilines is 1. The minimum absolute atomic E-state index is 0.0454. The van der Waals surface area contributed by atoms with Gasteiger partial charge in [-0.05, 0) is 6.92 Å². The van der Waals surface area contributed by atoms with Gasteiger partial charge in [-0.15, -0.1) is 0 Å². The molecule has 0 radical (unpaired) electrons. The molecule has 0 bridgehead atoms. The van der Waals surface area contributed by atoms with Crippen molar-refractivity contribution in [2.75, 3.05) is 25.5 Å². The normalized spacial score (nSPS) is 21.0. The molecule has 0 saturated carbocycles. The molecule has 20 heavy (non-hydrogen) atoms. The fraction of sp³-hybridized carbons (Fsp3) is 0.600. The molecule has 0 spiro atoms. The van der Waals surface area contributed by atoms with E-state index < -0.39 is 22.0 Å². The highest BCUT2D eigenvalue weighted by Gasteiger charge is 2.40. The van der Waals surface area contributed by atoms with Crippen LogP contribution in [0.25, 0.3) is 0 Å². The third kappa shape index (κ3) is 2.25. The Morgan fingerprint density at radius 1 is 1.50 bits per heavy atom. The molecule has 1 fully saturated rings. The molecule has 0 aromatic carbocycles. The van der Waals surface area contributed by atoms with E-state index in [-0.39, 0.29) is 30.5 Å². The summed E-state index contributed by atoms with van der Waals surface area (Å²) in [6.07, 6.45) is 0. The lowest BCUT2D eigenvalue weighted by Crippen LogP contribution is -2.54. The number of morpholine rings is 1. The number of aromatic nitrogens is 2. The van der Waals surface area contributed by atoms with Gasteiger partial charge in [-0.2, -0.15) is 9.40 Å². The van der Waals surface area contributed by atoms with Gasteiger partial charge in [0.1, 0.15) is 10.9 Å². The van der Waals surface area contributed by atoms with Crippen molar-refractivity contribution in [3.05, 3.63) is 5.69 Å². The number of nitrogens with two attached hydrogens (primary N) is 2. The first kappa shape index (κ1) is 14.8. The minimum atomic E-state index is -3.95. The second kappa shape index (κ2) is 5.04. The van der Waals surface area contributed by atoms with Crippen LogP contribution in [0.15, 0.2) is 4.90 Å². The lowest BCUT2D eigenvalue weighted by Gasteiger charge is -2.32. The van der Waals surface area contributed by atoms with Gasteiger partial charge < -0.3 is 16.2 Å². The maximum Gasteiger partial charge on any atom is 0.249 e. The number of sulfonamides is 1. The predicted octanol–water partition coefficient (Wildman–Crippen LogP) is -1.81. The van der Waals surface area contributed by atoms with Crippen LogP contribution in [0.5, 0.6) is 0 Å². The molecule has 1 aromatic rings. The fourth-order valence-corrected chi connectivity index (χ4v) is 4.01. The van der Waals surface area contributed by atoms with Crippen molar-refractivity contribution >= 4 is 21.7 Å². The molecule has 1 amide bonds. The molecule has 1 atom stereocenters. The molecule has 10 heteroatoms. The van der Waals surface area contributed by atoms with Crippen LogP contribution in [0.4, 0.5) is 5.82 Å². The van der Waals surface area contributed by atoms with Gasteiger partial charge in [-0.1, -0.05) is 0 Å². The van der Waals surface area contributed by atoms with E-state index in [0.717, 1.165) is 4.31 Å². The Kier molecular flexibility index (Phi) is 3.71. The molecule has 1 unspecified atom stereocenters. The molecule has 9 nitrogen and oxygen atoms in total. The lowest BCUT2D eigenvalue weighted by atomic mass is 10.3. The summed E-state index contributed by atoms with van der Waals surface area (Å²) in [5.74, 6) is -0.854. The summed E-state index contributed by atoms with van der Waals surface area (Å²) >= 11 is 0. The summed E-state index contributed by atoms with van der Waals surface area (Å²) in [6, 6.07) is -1.03. The standard InChI is InChI=1S/C10H17N5O4S/c1-6-8(9(11)13-14(6)2)20(17,18)15-3-4-19-5-7(15)10(12)16/h7H,3-5H2,1-2H3,(H2,11,13)(H2,12,16). The first-order chi connectivity index (χ1) is 9.26. The summed E-state index contributed by atoms with van der Waals surface area (Å²) in [6.45, 7) is 1.77. The van der Waals surface area contributed by atoms with E-state index in [9.17, 15) is 13.2 Å². The molecular formula is C10H17N5O4S. The fourth-order valence-electron chi connectivity index (χ4n) is 2.15. The monoisotopic (exact) mass is 303 g/mol. The van der Waals surface area contributed by atoms with Crippen molar-refractivity contribution in [3.8, 4) is 0 Å². The van der Waals surface area contributed by atoms with Gasteiger partial charge in [0, 0.05) is 13.6 Å². The van der Waals surface area contributed by atoms with E-state index in [0.29, 0.717) is 5.69 Å². The lowest BCUT2D eigenvalue weighted by molar-refractivity contribution is -0.125. The van der Waals surface area contributed by atoms with Crippen molar-refractivity contribution in [1.82, 2.24) is 14.1 Å². The molecule has 1 aliphatic heterocycles. The number of amides is 1. The van der Waals surface area contributed by atoms with Crippen LogP contribution in [-0.4, -0.2) is 54.2 Å². The topological polar surface area (TPSA) is 134 Å². The van der Waals surface area contributed by atoms with Gasteiger partial charge in [0.25, 0.3) is 0 Å². The van der Waals surface area contributed by atoms with Gasteiger partial charge in [0.05, 0.1) is 18.9 Å². The highest BCUT2D eigenvalue weighted by Crippen LogP contribution is 2.27. The summed E-state index contributed by atoms with van der Waals surface area (Å²) in [7, 11) is -2.36. The molecular weight excluding hydrogens is 286 g/mol. The van der Waals surface area contributed by atoms with E-state index in [1.165, 1.54) is 4.68 Å². The van der Waals surface area contributed by atoms with Gasteiger partial charge in [0.15, 0.2) is 5.82 Å². The molecule has 2 heterocycles. The number of carbonyl (C=O) groups is 1. The first-order valence-electron chi connectivity index (χ1n) is 5.94. The zero-order valence-corrected chi connectivity index (χ0v) is 12.1. The zero-order chi connectivity index (χ0) is 15.1. The van der Waals surface area contributed by atoms with Gasteiger partial charge in [-0.3, -0.25) is 9.48 Å². The van der Waals surface area contributed by atoms with Crippen molar-refractivity contribution in [3.63, 3.8) is 0 Å². The second-order valence-corrected chi connectivity index (χ2v) is 6.36. The number of nitrogens with zero attached hydrogens (tertiary/aromatic N) is 3. The van der Waals surface area contributed by atoms with Crippen LogP contribution in [0.1, 0.15) is 5.69 Å². The number of aryl methyl sites for hydroxylation is 1. The Morgan fingerprint density at radius 2 is 2.15 bits per heavy atom. The largest absolute Gasteiger partial charge is 0.381 e. The molecule has 1 aromatic heterocycles.